The minimum absolute atomic E-state index is 0.252. The van der Waals surface area contributed by atoms with Crippen LogP contribution in [0.2, 0.25) is 0 Å². The molecule has 47 heavy (non-hydrogen) atoms. The van der Waals surface area contributed by atoms with E-state index in [2.05, 4.69) is 4.98 Å². The normalized spacial score (nSPS) is 21.4. The first-order valence-corrected chi connectivity index (χ1v) is 15.0. The first-order chi connectivity index (χ1) is 22.4. The minimum atomic E-state index is -2.43. The summed E-state index contributed by atoms with van der Waals surface area (Å²) in [6, 6.07) is 25.4. The topological polar surface area (TPSA) is 164 Å². The number of nitrogens with two attached hydrogens (primary N) is 1. The number of carbonyl (C=O) groups excluding carboxylic acids is 1. The predicted octanol–water partition coefficient (Wildman–Crippen LogP) is 2.64. The third kappa shape index (κ3) is 6.32. The van der Waals surface area contributed by atoms with Crippen LogP contribution in [0.4, 0.5) is 0 Å². The lowest BCUT2D eigenvalue weighted by molar-refractivity contribution is -0.179. The van der Waals surface area contributed by atoms with Crippen molar-refractivity contribution in [1.82, 2.24) is 9.55 Å². The number of ether oxygens (including phenoxy) is 5. The van der Waals surface area contributed by atoms with E-state index in [4.69, 9.17) is 29.4 Å². The van der Waals surface area contributed by atoms with Gasteiger partial charge in [0.25, 0.3) is 17.2 Å². The predicted molar refractivity (Wildman–Crippen MR) is 172 cm³/mol. The molecule has 1 aromatic heterocycles. The highest BCUT2D eigenvalue weighted by Crippen LogP contribution is 2.44. The van der Waals surface area contributed by atoms with Gasteiger partial charge in [-0.2, -0.15) is 0 Å². The monoisotopic (exact) mass is 645 g/mol. The molecule has 1 fully saturated rings. The van der Waals surface area contributed by atoms with Crippen molar-refractivity contribution in [3.63, 3.8) is 0 Å². The second-order valence-corrected chi connectivity index (χ2v) is 12.2. The number of primary amides is 1. The van der Waals surface area contributed by atoms with Crippen molar-refractivity contribution < 1.29 is 33.6 Å². The Labute approximate surface area is 271 Å². The van der Waals surface area contributed by atoms with Crippen LogP contribution in [0.15, 0.2) is 101 Å². The average molecular weight is 646 g/mol. The Hall–Kier alpha value is -4.75. The Morgan fingerprint density at radius 1 is 0.894 bits per heavy atom. The molecule has 4 aromatic rings. The Morgan fingerprint density at radius 2 is 1.43 bits per heavy atom. The molecule has 0 aliphatic carbocycles. The maximum atomic E-state index is 13.2. The number of H-pyrrole nitrogens is 1. The Bertz CT molecular complexity index is 1750. The third-order valence-electron chi connectivity index (χ3n) is 8.07. The summed E-state index contributed by atoms with van der Waals surface area (Å²) in [4.78, 5) is 40.1. The van der Waals surface area contributed by atoms with Gasteiger partial charge in [-0.05, 0) is 61.7 Å². The summed E-state index contributed by atoms with van der Waals surface area (Å²) in [5.41, 5.74) is 1.87. The maximum absolute atomic E-state index is 13.2. The molecule has 4 N–H and O–H groups in total. The molecule has 3 aromatic carbocycles. The van der Waals surface area contributed by atoms with E-state index in [-0.39, 0.29) is 6.61 Å². The standard InChI is InChI=1S/C35H39N3O9/c1-33(2,3)47-29-27(46-35(30(29)40,31(36)41)38-20-19-28(39)37-32(38)42)21-45-34(22-9-7-6-8-10-22,23-11-15-25(43-4)16-12-23)24-13-17-26(44-5)18-14-24/h6-20,27,29-30,40H,21H2,1-5H3,(H2,36,41)(H,37,39,42)/t27-,29-,30-,35+/m1/s1. The number of aromatic amines is 1. The Kier molecular flexibility index (Phi) is 9.41. The van der Waals surface area contributed by atoms with E-state index in [9.17, 15) is 19.5 Å². The molecule has 12 nitrogen and oxygen atoms in total. The quantitative estimate of drug-likeness (QED) is 0.208. The van der Waals surface area contributed by atoms with Gasteiger partial charge < -0.3 is 34.5 Å². The van der Waals surface area contributed by atoms with Crippen LogP contribution < -0.4 is 26.5 Å². The third-order valence-corrected chi connectivity index (χ3v) is 8.07. The molecule has 1 aliphatic rings. The smallest absolute Gasteiger partial charge is 0.331 e. The number of nitrogens with one attached hydrogen (secondary N) is 1. The van der Waals surface area contributed by atoms with Crippen LogP contribution in [0.25, 0.3) is 0 Å². The first-order valence-electron chi connectivity index (χ1n) is 15.0. The van der Waals surface area contributed by atoms with Crippen molar-refractivity contribution in [2.45, 2.75) is 56.0 Å². The van der Waals surface area contributed by atoms with Crippen molar-refractivity contribution in [3.8, 4) is 11.5 Å². The number of nitrogens with zero attached hydrogens (tertiary/aromatic N) is 1. The molecule has 5 rings (SSSR count). The summed E-state index contributed by atoms with van der Waals surface area (Å²) in [5.74, 6) is 0.122. The molecule has 1 saturated heterocycles. The molecule has 0 unspecified atom stereocenters. The van der Waals surface area contributed by atoms with E-state index in [0.29, 0.717) is 11.5 Å². The Morgan fingerprint density at radius 3 is 1.89 bits per heavy atom. The number of hydrogen-bond acceptors (Lipinski definition) is 9. The number of aliphatic hydroxyl groups is 1. The lowest BCUT2D eigenvalue weighted by Crippen LogP contribution is -2.59. The zero-order chi connectivity index (χ0) is 34.0. The van der Waals surface area contributed by atoms with Gasteiger partial charge in [0.1, 0.15) is 35.4 Å². The molecule has 0 bridgehead atoms. The van der Waals surface area contributed by atoms with Gasteiger partial charge in [-0.25, -0.2) is 4.79 Å². The molecule has 1 aliphatic heterocycles. The number of rotatable bonds is 11. The summed E-state index contributed by atoms with van der Waals surface area (Å²) in [6.45, 7) is 5.07. The van der Waals surface area contributed by atoms with E-state index in [0.717, 1.165) is 33.5 Å². The van der Waals surface area contributed by atoms with Crippen LogP contribution in [0.1, 0.15) is 37.5 Å². The number of carbonyl (C=O) groups is 1. The molecular formula is C35H39N3O9. The van der Waals surface area contributed by atoms with Crippen molar-refractivity contribution in [2.24, 2.45) is 5.73 Å². The maximum Gasteiger partial charge on any atom is 0.331 e. The Balaban J connectivity index is 1.67. The van der Waals surface area contributed by atoms with Crippen molar-refractivity contribution >= 4 is 5.91 Å². The molecule has 12 heteroatoms. The summed E-state index contributed by atoms with van der Waals surface area (Å²) < 4.78 is 31.2. The van der Waals surface area contributed by atoms with Crippen LogP contribution >= 0.6 is 0 Å². The largest absolute Gasteiger partial charge is 0.497 e. The summed E-state index contributed by atoms with van der Waals surface area (Å²) in [6.07, 6.45) is -3.07. The number of aliphatic hydroxyl groups excluding tert-OH is 1. The van der Waals surface area contributed by atoms with Gasteiger partial charge in [-0.15, -0.1) is 0 Å². The van der Waals surface area contributed by atoms with E-state index in [1.807, 2.05) is 78.9 Å². The zero-order valence-electron chi connectivity index (χ0n) is 26.8. The summed E-state index contributed by atoms with van der Waals surface area (Å²) >= 11 is 0. The van der Waals surface area contributed by atoms with Crippen LogP contribution in [-0.4, -0.2) is 65.3 Å². The molecule has 2 heterocycles. The van der Waals surface area contributed by atoms with Gasteiger partial charge in [-0.3, -0.25) is 19.1 Å². The second kappa shape index (κ2) is 13.2. The van der Waals surface area contributed by atoms with Crippen molar-refractivity contribution in [2.75, 3.05) is 20.8 Å². The number of methoxy groups -OCH3 is 2. The van der Waals surface area contributed by atoms with Crippen LogP contribution in [0.5, 0.6) is 11.5 Å². The summed E-state index contributed by atoms with van der Waals surface area (Å²) in [5, 5.41) is 11.8. The van der Waals surface area contributed by atoms with Gasteiger partial charge in [0.15, 0.2) is 0 Å². The first kappa shape index (κ1) is 33.6. The van der Waals surface area contributed by atoms with Gasteiger partial charge in [0.2, 0.25) is 0 Å². The minimum Gasteiger partial charge on any atom is -0.497 e. The van der Waals surface area contributed by atoms with Crippen molar-refractivity contribution in [3.05, 3.63) is 129 Å². The van der Waals surface area contributed by atoms with Gasteiger partial charge >= 0.3 is 5.69 Å². The fourth-order valence-electron chi connectivity index (χ4n) is 5.95. The molecule has 4 atom stereocenters. The van der Waals surface area contributed by atoms with Gasteiger partial charge in [-0.1, -0.05) is 54.6 Å². The van der Waals surface area contributed by atoms with Crippen LogP contribution in [-0.2, 0) is 30.3 Å². The van der Waals surface area contributed by atoms with E-state index in [1.165, 1.54) is 0 Å². The second-order valence-electron chi connectivity index (χ2n) is 12.2. The molecule has 0 spiro atoms. The number of hydrogen-bond donors (Lipinski definition) is 3. The number of aromatic nitrogens is 2. The fraction of sp³-hybridized carbons (Fsp3) is 0.343. The van der Waals surface area contributed by atoms with Crippen LogP contribution in [0.3, 0.4) is 0 Å². The highest BCUT2D eigenvalue weighted by molar-refractivity contribution is 5.82. The fourth-order valence-corrected chi connectivity index (χ4v) is 5.95. The SMILES string of the molecule is COc1ccc(C(OC[C@H]2O[C@@](C(N)=O)(n3ccc(=O)[nH]c3=O)[C@H](O)[C@@H]2OC(C)(C)C)(c2ccccc2)c2ccc(OC)cc2)cc1. The van der Waals surface area contributed by atoms with E-state index < -0.39 is 52.4 Å². The van der Waals surface area contributed by atoms with Gasteiger partial charge in [0, 0.05) is 12.3 Å². The molecule has 0 radical (unpaired) electrons. The van der Waals surface area contributed by atoms with Gasteiger partial charge in [0.05, 0.1) is 26.4 Å². The highest BCUT2D eigenvalue weighted by atomic mass is 16.6. The molecule has 1 amide bonds. The average Bonchev–Trinajstić information content (AvgIpc) is 3.32. The lowest BCUT2D eigenvalue weighted by atomic mass is 9.80. The van der Waals surface area contributed by atoms with E-state index >= 15 is 0 Å². The zero-order valence-corrected chi connectivity index (χ0v) is 26.8. The number of amides is 1. The molecular weight excluding hydrogens is 606 g/mol. The van der Waals surface area contributed by atoms with Crippen LogP contribution in [0, 0.1) is 0 Å². The molecule has 0 saturated carbocycles. The van der Waals surface area contributed by atoms with Crippen molar-refractivity contribution in [1.29, 1.82) is 0 Å². The highest BCUT2D eigenvalue weighted by Gasteiger charge is 2.62. The summed E-state index contributed by atoms with van der Waals surface area (Å²) in [7, 11) is 3.16. The molecule has 248 valence electrons. The number of benzene rings is 3. The lowest BCUT2D eigenvalue weighted by Gasteiger charge is -2.37. The van der Waals surface area contributed by atoms with E-state index in [1.54, 1.807) is 35.0 Å².